The summed E-state index contributed by atoms with van der Waals surface area (Å²) in [6, 6.07) is 4.53. The van der Waals surface area contributed by atoms with Gasteiger partial charge in [0.25, 0.3) is 0 Å². The highest BCUT2D eigenvalue weighted by Crippen LogP contribution is 2.25. The Balaban J connectivity index is 2.81. The van der Waals surface area contributed by atoms with Crippen molar-refractivity contribution in [2.45, 2.75) is 25.9 Å². The number of phenols is 2. The molecule has 0 saturated heterocycles. The van der Waals surface area contributed by atoms with Gasteiger partial charge in [0.15, 0.2) is 0 Å². The highest BCUT2D eigenvalue weighted by Gasteiger charge is 2.23. The summed E-state index contributed by atoms with van der Waals surface area (Å²) in [6.45, 7) is 4.40. The zero-order valence-electron chi connectivity index (χ0n) is 9.94. The van der Waals surface area contributed by atoms with E-state index in [4.69, 9.17) is 5.11 Å². The molecule has 0 atom stereocenters. The van der Waals surface area contributed by atoms with E-state index in [-0.39, 0.29) is 23.6 Å². The molecule has 4 nitrogen and oxygen atoms in total. The van der Waals surface area contributed by atoms with Gasteiger partial charge in [-0.1, -0.05) is 6.07 Å². The van der Waals surface area contributed by atoms with Crippen LogP contribution in [0.15, 0.2) is 18.2 Å². The molecule has 90 valence electrons. The van der Waals surface area contributed by atoms with E-state index in [1.807, 2.05) is 25.8 Å². The van der Waals surface area contributed by atoms with Crippen molar-refractivity contribution in [1.29, 1.82) is 0 Å². The molecule has 4 heteroatoms. The van der Waals surface area contributed by atoms with Crippen LogP contribution in [0.25, 0.3) is 0 Å². The number of aliphatic hydroxyl groups excluding tert-OH is 1. The Morgan fingerprint density at radius 3 is 2.38 bits per heavy atom. The largest absolute Gasteiger partial charge is 0.508 e. The molecule has 1 rings (SSSR count). The van der Waals surface area contributed by atoms with Crippen LogP contribution in [0.3, 0.4) is 0 Å². The third kappa shape index (κ3) is 2.87. The summed E-state index contributed by atoms with van der Waals surface area (Å²) in [5.41, 5.74) is 0.381. The highest BCUT2D eigenvalue weighted by atomic mass is 16.3. The molecule has 0 fully saturated rings. The van der Waals surface area contributed by atoms with Gasteiger partial charge in [-0.3, -0.25) is 4.90 Å². The Labute approximate surface area is 95.8 Å². The maximum Gasteiger partial charge on any atom is 0.123 e. The van der Waals surface area contributed by atoms with Crippen molar-refractivity contribution in [2.75, 3.05) is 13.7 Å². The van der Waals surface area contributed by atoms with Gasteiger partial charge in [0.2, 0.25) is 0 Å². The Kier molecular flexibility index (Phi) is 3.78. The lowest BCUT2D eigenvalue weighted by atomic mass is 10.0. The van der Waals surface area contributed by atoms with E-state index in [1.165, 1.54) is 12.1 Å². The van der Waals surface area contributed by atoms with Gasteiger partial charge in [0.1, 0.15) is 11.5 Å². The number of hydrogen-bond donors (Lipinski definition) is 3. The summed E-state index contributed by atoms with van der Waals surface area (Å²) in [4.78, 5) is 1.94. The fourth-order valence-corrected chi connectivity index (χ4v) is 1.28. The number of hydrogen-bond acceptors (Lipinski definition) is 4. The maximum absolute atomic E-state index is 9.63. The van der Waals surface area contributed by atoms with Crippen LogP contribution in [-0.2, 0) is 6.54 Å². The summed E-state index contributed by atoms with van der Waals surface area (Å²) >= 11 is 0. The molecule has 1 aromatic carbocycles. The molecule has 0 heterocycles. The molecule has 0 aliphatic carbocycles. The molecule has 0 spiro atoms. The van der Waals surface area contributed by atoms with Gasteiger partial charge >= 0.3 is 0 Å². The van der Waals surface area contributed by atoms with Gasteiger partial charge in [-0.25, -0.2) is 0 Å². The van der Waals surface area contributed by atoms with E-state index < -0.39 is 0 Å². The van der Waals surface area contributed by atoms with E-state index in [1.54, 1.807) is 6.07 Å². The Morgan fingerprint density at radius 1 is 1.25 bits per heavy atom. The van der Waals surface area contributed by atoms with Crippen LogP contribution in [0.1, 0.15) is 19.4 Å². The topological polar surface area (TPSA) is 63.9 Å². The Bertz CT molecular complexity index is 363. The van der Waals surface area contributed by atoms with Crippen LogP contribution in [0.5, 0.6) is 11.5 Å². The summed E-state index contributed by atoms with van der Waals surface area (Å²) in [5, 5.41) is 28.0. The van der Waals surface area contributed by atoms with Crippen LogP contribution in [-0.4, -0.2) is 39.4 Å². The second-order valence-corrected chi connectivity index (χ2v) is 4.64. The van der Waals surface area contributed by atoms with E-state index in [9.17, 15) is 10.2 Å². The molecule has 1 aromatic rings. The first-order valence-electron chi connectivity index (χ1n) is 5.20. The Hall–Kier alpha value is -1.26. The fourth-order valence-electron chi connectivity index (χ4n) is 1.28. The highest BCUT2D eigenvalue weighted by molar-refractivity contribution is 5.38. The quantitative estimate of drug-likeness (QED) is 0.722. The molecule has 0 aromatic heterocycles. The number of aromatic hydroxyl groups is 2. The monoisotopic (exact) mass is 225 g/mol. The number of likely N-dealkylation sites (N-methyl/N-ethyl adjacent to an activating group) is 1. The average Bonchev–Trinajstić information content (AvgIpc) is 2.22. The standard InChI is InChI=1S/C12H19NO3/c1-12(2,8-14)13(3)7-9-4-5-10(15)6-11(9)16/h4-6,14-16H,7-8H2,1-3H3. The van der Waals surface area contributed by atoms with Gasteiger partial charge in [-0.15, -0.1) is 0 Å². The van der Waals surface area contributed by atoms with Crippen molar-refractivity contribution in [1.82, 2.24) is 4.90 Å². The van der Waals surface area contributed by atoms with Crippen molar-refractivity contribution in [3.63, 3.8) is 0 Å². The van der Waals surface area contributed by atoms with Gasteiger partial charge in [-0.2, -0.15) is 0 Å². The SMILES string of the molecule is CN(Cc1ccc(O)cc1O)C(C)(C)CO. The van der Waals surface area contributed by atoms with E-state index in [0.29, 0.717) is 6.54 Å². The lowest BCUT2D eigenvalue weighted by Gasteiger charge is -2.34. The van der Waals surface area contributed by atoms with Crippen molar-refractivity contribution in [2.24, 2.45) is 0 Å². The minimum atomic E-state index is -0.343. The first kappa shape index (κ1) is 12.8. The second kappa shape index (κ2) is 4.72. The molecule has 0 amide bonds. The normalized spacial score (nSPS) is 12.1. The summed E-state index contributed by atoms with van der Waals surface area (Å²) < 4.78 is 0. The zero-order valence-corrected chi connectivity index (χ0v) is 9.94. The molecule has 0 unspecified atom stereocenters. The van der Waals surface area contributed by atoms with Gasteiger partial charge < -0.3 is 15.3 Å². The minimum absolute atomic E-state index is 0.0440. The van der Waals surface area contributed by atoms with E-state index >= 15 is 0 Å². The number of rotatable bonds is 4. The molecule has 3 N–H and O–H groups in total. The number of nitrogens with zero attached hydrogens (tertiary/aromatic N) is 1. The maximum atomic E-state index is 9.63. The van der Waals surface area contributed by atoms with E-state index in [2.05, 4.69) is 0 Å². The second-order valence-electron chi connectivity index (χ2n) is 4.64. The lowest BCUT2D eigenvalue weighted by Crippen LogP contribution is -2.43. The predicted octanol–water partition coefficient (Wildman–Crippen LogP) is 1.30. The van der Waals surface area contributed by atoms with Crippen molar-refractivity contribution in [3.8, 4) is 11.5 Å². The first-order chi connectivity index (χ1) is 7.36. The minimum Gasteiger partial charge on any atom is -0.508 e. The summed E-state index contributed by atoms with van der Waals surface area (Å²) in [6.07, 6.45) is 0. The van der Waals surface area contributed by atoms with Crippen LogP contribution < -0.4 is 0 Å². The first-order valence-corrected chi connectivity index (χ1v) is 5.20. The molecular weight excluding hydrogens is 206 g/mol. The molecule has 0 saturated carbocycles. The van der Waals surface area contributed by atoms with Crippen LogP contribution in [0.2, 0.25) is 0 Å². The Morgan fingerprint density at radius 2 is 1.88 bits per heavy atom. The summed E-state index contributed by atoms with van der Waals surface area (Å²) in [7, 11) is 1.88. The molecule has 16 heavy (non-hydrogen) atoms. The molecule has 0 aliphatic rings. The number of aliphatic hydroxyl groups is 1. The van der Waals surface area contributed by atoms with Crippen LogP contribution >= 0.6 is 0 Å². The van der Waals surface area contributed by atoms with E-state index in [0.717, 1.165) is 5.56 Å². The van der Waals surface area contributed by atoms with Crippen LogP contribution in [0, 0.1) is 0 Å². The van der Waals surface area contributed by atoms with Gasteiger partial charge in [0, 0.05) is 23.7 Å². The molecule has 0 bridgehead atoms. The summed E-state index contributed by atoms with van der Waals surface area (Å²) in [5.74, 6) is 0.117. The third-order valence-corrected chi connectivity index (χ3v) is 2.90. The predicted molar refractivity (Wildman–Crippen MR) is 62.4 cm³/mol. The van der Waals surface area contributed by atoms with Gasteiger partial charge in [-0.05, 0) is 27.0 Å². The molecule has 0 aliphatic heterocycles. The van der Waals surface area contributed by atoms with Crippen molar-refractivity contribution < 1.29 is 15.3 Å². The third-order valence-electron chi connectivity index (χ3n) is 2.90. The van der Waals surface area contributed by atoms with Crippen molar-refractivity contribution >= 4 is 0 Å². The smallest absolute Gasteiger partial charge is 0.123 e. The van der Waals surface area contributed by atoms with Crippen LogP contribution in [0.4, 0.5) is 0 Å². The number of benzene rings is 1. The lowest BCUT2D eigenvalue weighted by molar-refractivity contribution is 0.0728. The zero-order chi connectivity index (χ0) is 12.3. The van der Waals surface area contributed by atoms with Crippen molar-refractivity contribution in [3.05, 3.63) is 23.8 Å². The molecular formula is C12H19NO3. The number of phenolic OH excluding ortho intramolecular Hbond substituents is 2. The van der Waals surface area contributed by atoms with Gasteiger partial charge in [0.05, 0.1) is 6.61 Å². The average molecular weight is 225 g/mol. The fraction of sp³-hybridized carbons (Fsp3) is 0.500. The molecule has 0 radical (unpaired) electrons.